The topological polar surface area (TPSA) is 89.4 Å². The lowest BCUT2D eigenvalue weighted by Crippen LogP contribution is -2.46. The molecule has 0 aliphatic carbocycles. The number of amides is 2. The first kappa shape index (κ1) is 14.6. The average Bonchev–Trinajstić information content (AvgIpc) is 2.90. The Bertz CT molecular complexity index is 695. The van der Waals surface area contributed by atoms with Gasteiger partial charge in [-0.05, 0) is 31.4 Å². The van der Waals surface area contributed by atoms with Crippen molar-refractivity contribution in [3.05, 3.63) is 30.0 Å². The summed E-state index contributed by atoms with van der Waals surface area (Å²) in [6.07, 6.45) is 3.22. The standard InChI is InChI=1S/C16H19N3O3/c17-15(20)9-11-5-3-4-8-19(11)16(21)10-13-12-6-1-2-7-14(12)22-18-13/h1-2,6-7,11H,3-5,8-10H2,(H2,17,20)/t11-/m0/s1. The molecule has 2 amide bonds. The van der Waals surface area contributed by atoms with Crippen molar-refractivity contribution in [3.8, 4) is 0 Å². The van der Waals surface area contributed by atoms with Gasteiger partial charge in [-0.25, -0.2) is 0 Å². The van der Waals surface area contributed by atoms with E-state index in [9.17, 15) is 9.59 Å². The fourth-order valence-electron chi connectivity index (χ4n) is 3.08. The second kappa shape index (κ2) is 6.17. The lowest BCUT2D eigenvalue weighted by atomic mass is 9.98. The SMILES string of the molecule is NC(=O)C[C@@H]1CCCCN1C(=O)Cc1noc2ccccc12. The third-order valence-corrected chi connectivity index (χ3v) is 4.16. The number of carbonyl (C=O) groups is 2. The van der Waals surface area contributed by atoms with Gasteiger partial charge in [0.25, 0.3) is 0 Å². The molecule has 1 aliphatic rings. The van der Waals surface area contributed by atoms with Gasteiger partial charge in [0.05, 0.1) is 6.42 Å². The molecule has 0 spiro atoms. The Morgan fingerprint density at radius 2 is 2.14 bits per heavy atom. The molecule has 116 valence electrons. The first-order valence-electron chi connectivity index (χ1n) is 7.56. The smallest absolute Gasteiger partial charge is 0.229 e. The Morgan fingerprint density at radius 3 is 2.95 bits per heavy atom. The van der Waals surface area contributed by atoms with Crippen LogP contribution in [0.25, 0.3) is 11.0 Å². The van der Waals surface area contributed by atoms with Crippen LogP contribution in [-0.4, -0.2) is 34.5 Å². The van der Waals surface area contributed by atoms with Gasteiger partial charge in [0.1, 0.15) is 5.69 Å². The van der Waals surface area contributed by atoms with Crippen LogP contribution in [0.1, 0.15) is 31.4 Å². The van der Waals surface area contributed by atoms with Crippen LogP contribution < -0.4 is 5.73 Å². The van der Waals surface area contributed by atoms with Crippen LogP contribution in [0.3, 0.4) is 0 Å². The molecule has 1 saturated heterocycles. The number of hydrogen-bond acceptors (Lipinski definition) is 4. The summed E-state index contributed by atoms with van der Waals surface area (Å²) in [5.74, 6) is -0.387. The van der Waals surface area contributed by atoms with Crippen molar-refractivity contribution in [3.63, 3.8) is 0 Å². The molecule has 2 aromatic rings. The van der Waals surface area contributed by atoms with Gasteiger partial charge in [-0.15, -0.1) is 0 Å². The van der Waals surface area contributed by atoms with Crippen LogP contribution in [0.2, 0.25) is 0 Å². The van der Waals surface area contributed by atoms with E-state index in [1.165, 1.54) is 0 Å². The molecule has 6 nitrogen and oxygen atoms in total. The molecule has 0 saturated carbocycles. The molecule has 3 rings (SSSR count). The molecule has 1 aromatic carbocycles. The van der Waals surface area contributed by atoms with E-state index in [2.05, 4.69) is 5.16 Å². The number of piperidine rings is 1. The normalized spacial score (nSPS) is 18.5. The molecular weight excluding hydrogens is 282 g/mol. The molecule has 0 bridgehead atoms. The molecule has 6 heteroatoms. The summed E-state index contributed by atoms with van der Waals surface area (Å²) in [6, 6.07) is 7.40. The number of carbonyl (C=O) groups excluding carboxylic acids is 2. The number of nitrogens with two attached hydrogens (primary N) is 1. The quantitative estimate of drug-likeness (QED) is 0.929. The van der Waals surface area contributed by atoms with Gasteiger partial charge in [0, 0.05) is 24.4 Å². The lowest BCUT2D eigenvalue weighted by molar-refractivity contribution is -0.135. The largest absolute Gasteiger partial charge is 0.370 e. The Labute approximate surface area is 128 Å². The average molecular weight is 301 g/mol. The van der Waals surface area contributed by atoms with Crippen LogP contribution in [0.4, 0.5) is 0 Å². The third-order valence-electron chi connectivity index (χ3n) is 4.16. The van der Waals surface area contributed by atoms with Crippen molar-refractivity contribution < 1.29 is 14.1 Å². The lowest BCUT2D eigenvalue weighted by Gasteiger charge is -2.35. The van der Waals surface area contributed by atoms with Gasteiger partial charge in [0.2, 0.25) is 11.8 Å². The second-order valence-corrected chi connectivity index (χ2v) is 5.71. The van der Waals surface area contributed by atoms with Crippen LogP contribution >= 0.6 is 0 Å². The van der Waals surface area contributed by atoms with Crippen LogP contribution in [-0.2, 0) is 16.0 Å². The van der Waals surface area contributed by atoms with E-state index in [1.807, 2.05) is 24.3 Å². The van der Waals surface area contributed by atoms with E-state index in [0.29, 0.717) is 17.8 Å². The van der Waals surface area contributed by atoms with Gasteiger partial charge >= 0.3 is 0 Å². The Kier molecular flexibility index (Phi) is 4.09. The zero-order valence-corrected chi connectivity index (χ0v) is 12.3. The van der Waals surface area contributed by atoms with Crippen molar-refractivity contribution in [2.24, 2.45) is 5.73 Å². The molecule has 0 unspecified atom stereocenters. The number of fused-ring (bicyclic) bond motifs is 1. The van der Waals surface area contributed by atoms with E-state index < -0.39 is 0 Å². The number of nitrogens with zero attached hydrogens (tertiary/aromatic N) is 2. The molecule has 2 N–H and O–H groups in total. The highest BCUT2D eigenvalue weighted by molar-refractivity contribution is 5.86. The Morgan fingerprint density at radius 1 is 1.32 bits per heavy atom. The van der Waals surface area contributed by atoms with Gasteiger partial charge in [-0.2, -0.15) is 0 Å². The van der Waals surface area contributed by atoms with Crippen LogP contribution in [0.15, 0.2) is 28.8 Å². The van der Waals surface area contributed by atoms with Crippen molar-refractivity contribution >= 4 is 22.8 Å². The minimum absolute atomic E-state index is 0.0231. The van der Waals surface area contributed by atoms with Gasteiger partial charge in [-0.1, -0.05) is 17.3 Å². The maximum atomic E-state index is 12.6. The predicted molar refractivity (Wildman–Crippen MR) is 80.9 cm³/mol. The number of hydrogen-bond donors (Lipinski definition) is 1. The predicted octanol–water partition coefficient (Wildman–Crippen LogP) is 1.63. The zero-order valence-electron chi connectivity index (χ0n) is 12.3. The number of likely N-dealkylation sites (tertiary alicyclic amines) is 1. The number of benzene rings is 1. The highest BCUT2D eigenvalue weighted by Gasteiger charge is 2.28. The van der Waals surface area contributed by atoms with E-state index in [4.69, 9.17) is 10.3 Å². The van der Waals surface area contributed by atoms with Crippen molar-refractivity contribution in [1.82, 2.24) is 10.1 Å². The van der Waals surface area contributed by atoms with Gasteiger partial charge in [-0.3, -0.25) is 9.59 Å². The maximum absolute atomic E-state index is 12.6. The number of primary amides is 1. The minimum Gasteiger partial charge on any atom is -0.370 e. The molecule has 1 atom stereocenters. The maximum Gasteiger partial charge on any atom is 0.229 e. The molecular formula is C16H19N3O3. The van der Waals surface area contributed by atoms with Crippen molar-refractivity contribution in [2.45, 2.75) is 38.1 Å². The summed E-state index contributed by atoms with van der Waals surface area (Å²) in [5, 5.41) is 4.86. The van der Waals surface area contributed by atoms with Crippen molar-refractivity contribution in [2.75, 3.05) is 6.54 Å². The van der Waals surface area contributed by atoms with Gasteiger partial charge in [0.15, 0.2) is 5.58 Å². The Hall–Kier alpha value is -2.37. The molecule has 22 heavy (non-hydrogen) atoms. The van der Waals surface area contributed by atoms with E-state index in [1.54, 1.807) is 4.90 Å². The number of aromatic nitrogens is 1. The summed E-state index contributed by atoms with van der Waals surface area (Å²) >= 11 is 0. The first-order valence-corrected chi connectivity index (χ1v) is 7.56. The fourth-order valence-corrected chi connectivity index (χ4v) is 3.08. The van der Waals surface area contributed by atoms with E-state index in [0.717, 1.165) is 24.6 Å². The fraction of sp³-hybridized carbons (Fsp3) is 0.438. The highest BCUT2D eigenvalue weighted by atomic mass is 16.5. The molecule has 1 fully saturated rings. The molecule has 0 radical (unpaired) electrons. The minimum atomic E-state index is -0.364. The van der Waals surface area contributed by atoms with Crippen molar-refractivity contribution in [1.29, 1.82) is 0 Å². The molecule has 1 aliphatic heterocycles. The van der Waals surface area contributed by atoms with E-state index >= 15 is 0 Å². The highest BCUT2D eigenvalue weighted by Crippen LogP contribution is 2.23. The van der Waals surface area contributed by atoms with E-state index in [-0.39, 0.29) is 30.7 Å². The monoisotopic (exact) mass is 301 g/mol. The summed E-state index contributed by atoms with van der Waals surface area (Å²) < 4.78 is 5.23. The molecule has 2 heterocycles. The zero-order chi connectivity index (χ0) is 15.5. The first-order chi connectivity index (χ1) is 10.6. The van der Waals surface area contributed by atoms with Crippen LogP contribution in [0.5, 0.6) is 0 Å². The summed E-state index contributed by atoms with van der Waals surface area (Å²) in [6.45, 7) is 0.673. The molecule has 1 aromatic heterocycles. The number of para-hydroxylation sites is 1. The third kappa shape index (κ3) is 2.95. The van der Waals surface area contributed by atoms with Crippen LogP contribution in [0, 0.1) is 0 Å². The summed E-state index contributed by atoms with van der Waals surface area (Å²) in [7, 11) is 0. The Balaban J connectivity index is 1.76. The second-order valence-electron chi connectivity index (χ2n) is 5.71. The summed E-state index contributed by atoms with van der Waals surface area (Å²) in [5.41, 5.74) is 6.61. The summed E-state index contributed by atoms with van der Waals surface area (Å²) in [4.78, 5) is 25.6. The number of rotatable bonds is 4. The van der Waals surface area contributed by atoms with Gasteiger partial charge < -0.3 is 15.2 Å².